The van der Waals surface area contributed by atoms with Gasteiger partial charge in [0.05, 0.1) is 0 Å². The van der Waals surface area contributed by atoms with Crippen molar-refractivity contribution in [3.8, 4) is 0 Å². The van der Waals surface area contributed by atoms with E-state index in [4.69, 9.17) is 4.74 Å². The van der Waals surface area contributed by atoms with Crippen molar-refractivity contribution in [3.05, 3.63) is 45.1 Å². The average Bonchev–Trinajstić information content (AvgIpc) is 3.00. The Labute approximate surface area is 127 Å². The summed E-state index contributed by atoms with van der Waals surface area (Å²) in [6.45, 7) is 0. The summed E-state index contributed by atoms with van der Waals surface area (Å²) in [7, 11) is 0. The predicted octanol–water partition coefficient (Wildman–Crippen LogP) is 3.88. The molecule has 0 bridgehead atoms. The van der Waals surface area contributed by atoms with Crippen molar-refractivity contribution in [1.29, 1.82) is 0 Å². The third-order valence-corrected chi connectivity index (χ3v) is 5.22. The van der Waals surface area contributed by atoms with E-state index in [0.29, 0.717) is 12.8 Å². The maximum absolute atomic E-state index is 12.4. The molecular formula is C17H16O3S. The first kappa shape index (κ1) is 13.0. The van der Waals surface area contributed by atoms with Gasteiger partial charge in [0.25, 0.3) is 0 Å². The van der Waals surface area contributed by atoms with Crippen LogP contribution < -0.4 is 0 Å². The Bertz CT molecular complexity index is 637. The van der Waals surface area contributed by atoms with E-state index in [1.165, 1.54) is 0 Å². The highest BCUT2D eigenvalue weighted by atomic mass is 32.1. The van der Waals surface area contributed by atoms with Crippen LogP contribution in [-0.4, -0.2) is 11.6 Å². The van der Waals surface area contributed by atoms with E-state index in [1.807, 2.05) is 11.4 Å². The molecule has 0 fully saturated rings. The molecule has 0 spiro atoms. The predicted molar refractivity (Wildman–Crippen MR) is 79.9 cm³/mol. The largest absolute Gasteiger partial charge is 0.465 e. The quantitative estimate of drug-likeness (QED) is 0.790. The zero-order valence-electron chi connectivity index (χ0n) is 11.7. The minimum Gasteiger partial charge on any atom is -0.465 e. The zero-order valence-corrected chi connectivity index (χ0v) is 12.5. The molecule has 4 heteroatoms. The summed E-state index contributed by atoms with van der Waals surface area (Å²) in [6, 6.07) is 2.03. The third kappa shape index (κ3) is 2.01. The van der Waals surface area contributed by atoms with E-state index in [2.05, 4.69) is 5.38 Å². The van der Waals surface area contributed by atoms with Crippen LogP contribution in [0.15, 0.2) is 39.5 Å². The van der Waals surface area contributed by atoms with Crippen molar-refractivity contribution >= 4 is 22.9 Å². The van der Waals surface area contributed by atoms with Gasteiger partial charge in [0.2, 0.25) is 0 Å². The number of carbonyl (C=O) groups is 2. The normalized spacial score (nSPS) is 23.0. The Morgan fingerprint density at radius 2 is 1.57 bits per heavy atom. The van der Waals surface area contributed by atoms with Crippen LogP contribution in [0.3, 0.4) is 0 Å². The van der Waals surface area contributed by atoms with Crippen molar-refractivity contribution in [1.82, 2.24) is 0 Å². The van der Waals surface area contributed by atoms with E-state index in [1.54, 1.807) is 11.3 Å². The number of allylic oxidation sites excluding steroid dienone is 4. The Morgan fingerprint density at radius 1 is 0.952 bits per heavy atom. The molecule has 1 aromatic heterocycles. The fourth-order valence-corrected chi connectivity index (χ4v) is 4.28. The zero-order chi connectivity index (χ0) is 14.4. The van der Waals surface area contributed by atoms with Gasteiger partial charge in [-0.25, -0.2) is 0 Å². The molecular weight excluding hydrogens is 284 g/mol. The number of hydrogen-bond acceptors (Lipinski definition) is 4. The molecule has 2 aliphatic carbocycles. The topological polar surface area (TPSA) is 43.4 Å². The molecule has 0 atom stereocenters. The van der Waals surface area contributed by atoms with Crippen LogP contribution in [0, 0.1) is 0 Å². The van der Waals surface area contributed by atoms with Gasteiger partial charge in [0.1, 0.15) is 11.5 Å². The fourth-order valence-electron chi connectivity index (χ4n) is 3.59. The molecule has 1 aromatic rings. The second-order valence-electron chi connectivity index (χ2n) is 5.82. The van der Waals surface area contributed by atoms with Crippen molar-refractivity contribution in [2.45, 2.75) is 44.4 Å². The number of ketones is 2. The van der Waals surface area contributed by atoms with Gasteiger partial charge in [-0.15, -0.1) is 0 Å². The molecule has 108 valence electrons. The maximum Gasteiger partial charge on any atom is 0.163 e. The highest BCUT2D eigenvalue weighted by Crippen LogP contribution is 2.47. The fraction of sp³-hybridized carbons (Fsp3) is 0.412. The summed E-state index contributed by atoms with van der Waals surface area (Å²) in [5, 5.41) is 4.06. The highest BCUT2D eigenvalue weighted by molar-refractivity contribution is 7.08. The molecule has 4 rings (SSSR count). The van der Waals surface area contributed by atoms with E-state index < -0.39 is 0 Å². The van der Waals surface area contributed by atoms with Gasteiger partial charge in [0, 0.05) is 42.7 Å². The molecule has 2 heterocycles. The lowest BCUT2D eigenvalue weighted by atomic mass is 9.74. The van der Waals surface area contributed by atoms with Gasteiger partial charge in [-0.1, -0.05) is 0 Å². The molecule has 0 radical (unpaired) electrons. The van der Waals surface area contributed by atoms with Crippen LogP contribution in [0.5, 0.6) is 0 Å². The lowest BCUT2D eigenvalue weighted by molar-refractivity contribution is -0.117. The maximum atomic E-state index is 12.4. The van der Waals surface area contributed by atoms with Crippen LogP contribution in [0.1, 0.15) is 50.0 Å². The second-order valence-corrected chi connectivity index (χ2v) is 6.60. The van der Waals surface area contributed by atoms with E-state index in [9.17, 15) is 9.59 Å². The van der Waals surface area contributed by atoms with E-state index in [-0.39, 0.29) is 17.5 Å². The Hall–Kier alpha value is -1.68. The van der Waals surface area contributed by atoms with Crippen LogP contribution in [0.2, 0.25) is 0 Å². The molecule has 0 amide bonds. The summed E-state index contributed by atoms with van der Waals surface area (Å²) in [4.78, 5) is 24.9. The van der Waals surface area contributed by atoms with Crippen LogP contribution >= 0.6 is 11.3 Å². The Kier molecular flexibility index (Phi) is 3.07. The SMILES string of the molecule is O=C1CCCC2=C1C(c1ccsc1)C1=C(CCCC1=O)O2. The monoisotopic (exact) mass is 300 g/mol. The van der Waals surface area contributed by atoms with Crippen molar-refractivity contribution in [2.24, 2.45) is 0 Å². The van der Waals surface area contributed by atoms with Crippen LogP contribution in [0.4, 0.5) is 0 Å². The Morgan fingerprint density at radius 3 is 2.10 bits per heavy atom. The molecule has 0 N–H and O–H groups in total. The lowest BCUT2D eigenvalue weighted by Gasteiger charge is -2.35. The number of hydrogen-bond donors (Lipinski definition) is 0. The first-order valence-corrected chi connectivity index (χ1v) is 8.42. The van der Waals surface area contributed by atoms with Gasteiger partial charge >= 0.3 is 0 Å². The standard InChI is InChI=1S/C17H16O3S/c18-11-3-1-5-13-16(11)15(10-7-8-21-9-10)17-12(19)4-2-6-14(17)20-13/h7-9,15H,1-6H2. The second kappa shape index (κ2) is 4.95. The average molecular weight is 300 g/mol. The highest BCUT2D eigenvalue weighted by Gasteiger charge is 2.41. The first-order chi connectivity index (χ1) is 10.3. The first-order valence-electron chi connectivity index (χ1n) is 7.48. The summed E-state index contributed by atoms with van der Waals surface area (Å²) in [5.74, 6) is 1.75. The number of ether oxygens (including phenoxy) is 1. The molecule has 21 heavy (non-hydrogen) atoms. The third-order valence-electron chi connectivity index (χ3n) is 4.52. The molecule has 0 aromatic carbocycles. The van der Waals surface area contributed by atoms with Gasteiger partial charge in [0.15, 0.2) is 11.6 Å². The lowest BCUT2D eigenvalue weighted by Crippen LogP contribution is -2.30. The Balaban J connectivity index is 1.91. The molecule has 1 aliphatic heterocycles. The number of rotatable bonds is 1. The van der Waals surface area contributed by atoms with E-state index in [0.717, 1.165) is 53.9 Å². The van der Waals surface area contributed by atoms with Gasteiger partial charge < -0.3 is 4.74 Å². The number of Topliss-reactive ketones (excluding diaryl/α,β-unsaturated/α-hetero) is 2. The molecule has 0 saturated carbocycles. The summed E-state index contributed by atoms with van der Waals surface area (Å²) < 4.78 is 5.98. The smallest absolute Gasteiger partial charge is 0.163 e. The van der Waals surface area contributed by atoms with Crippen molar-refractivity contribution in [3.63, 3.8) is 0 Å². The minimum atomic E-state index is -0.185. The molecule has 0 unspecified atom stereocenters. The van der Waals surface area contributed by atoms with Crippen LogP contribution in [0.25, 0.3) is 0 Å². The number of thiophene rings is 1. The van der Waals surface area contributed by atoms with Gasteiger partial charge in [-0.05, 0) is 35.2 Å². The molecule has 0 saturated heterocycles. The minimum absolute atomic E-state index is 0.150. The van der Waals surface area contributed by atoms with Gasteiger partial charge in [-0.3, -0.25) is 9.59 Å². The summed E-state index contributed by atoms with van der Waals surface area (Å²) in [6.07, 6.45) is 4.47. The van der Waals surface area contributed by atoms with Crippen molar-refractivity contribution < 1.29 is 14.3 Å². The van der Waals surface area contributed by atoms with Crippen molar-refractivity contribution in [2.75, 3.05) is 0 Å². The summed E-state index contributed by atoms with van der Waals surface area (Å²) in [5.41, 5.74) is 2.55. The van der Waals surface area contributed by atoms with Crippen LogP contribution in [-0.2, 0) is 14.3 Å². The molecule has 3 aliphatic rings. The number of carbonyl (C=O) groups excluding carboxylic acids is 2. The summed E-state index contributed by atoms with van der Waals surface area (Å²) >= 11 is 1.61. The molecule has 3 nitrogen and oxygen atoms in total. The van der Waals surface area contributed by atoms with E-state index >= 15 is 0 Å². The van der Waals surface area contributed by atoms with Gasteiger partial charge in [-0.2, -0.15) is 11.3 Å².